The fraction of sp³-hybridized carbons (Fsp3) is 0.375. The highest BCUT2D eigenvalue weighted by Gasteiger charge is 2.16. The van der Waals surface area contributed by atoms with E-state index in [1.165, 1.54) is 0 Å². The van der Waals surface area contributed by atoms with Gasteiger partial charge < -0.3 is 5.32 Å². The molecule has 0 atom stereocenters. The number of carbonyl (C=O) groups is 1. The molecule has 2 rings (SSSR count). The summed E-state index contributed by atoms with van der Waals surface area (Å²) in [6.45, 7) is -3.78. The number of aryl methyl sites for hydroxylation is 1. The lowest BCUT2D eigenvalue weighted by molar-refractivity contribution is 0.0960. The Balaban J connectivity index is 2.46. The Morgan fingerprint density at radius 2 is 2.53 bits per heavy atom. The molecule has 2 heterocycles. The smallest absolute Gasteiger partial charge is 0.353 e. The van der Waals surface area contributed by atoms with Crippen molar-refractivity contribution < 1.29 is 13.3 Å². The third-order valence-corrected chi connectivity index (χ3v) is 2.04. The van der Waals surface area contributed by atoms with E-state index in [2.05, 4.69) is 15.3 Å². The molecule has 8 nitrogen and oxygen atoms in total. The van der Waals surface area contributed by atoms with Crippen LogP contribution in [-0.4, -0.2) is 43.9 Å². The molecule has 2 aromatic rings. The third-order valence-electron chi connectivity index (χ3n) is 2.04. The molecule has 0 aliphatic rings. The summed E-state index contributed by atoms with van der Waals surface area (Å²) in [7, 11) is 0. The number of aromatic nitrogens is 5. The Kier molecular flexibility index (Phi) is 1.98. The van der Waals surface area contributed by atoms with Crippen molar-refractivity contribution in [2.75, 3.05) is 13.7 Å². The Morgan fingerprint density at radius 1 is 1.71 bits per heavy atom. The second-order valence-electron chi connectivity index (χ2n) is 3.03. The van der Waals surface area contributed by atoms with Crippen molar-refractivity contribution in [3.05, 3.63) is 22.5 Å². The van der Waals surface area contributed by atoms with E-state index in [0.29, 0.717) is 0 Å². The minimum atomic E-state index is -2.69. The second-order valence-corrected chi connectivity index (χ2v) is 3.03. The first-order chi connectivity index (χ1) is 9.33. The first-order valence-electron chi connectivity index (χ1n) is 6.03. The van der Waals surface area contributed by atoms with E-state index in [-0.39, 0.29) is 17.9 Å². The molecule has 90 valence electrons. The number of alkyl halides is 1. The molecule has 0 fully saturated rings. The Hall–Kier alpha value is -2.32. The van der Waals surface area contributed by atoms with Gasteiger partial charge in [0, 0.05) is 11.1 Å². The summed E-state index contributed by atoms with van der Waals surface area (Å²) in [6, 6.07) is 0. The zero-order valence-electron chi connectivity index (χ0n) is 11.4. The lowest BCUT2D eigenvalue weighted by Crippen LogP contribution is -2.30. The molecule has 1 amide bonds. The van der Waals surface area contributed by atoms with Crippen LogP contribution in [0.1, 0.15) is 14.6 Å². The molecule has 17 heavy (non-hydrogen) atoms. The quantitative estimate of drug-likeness (QED) is 0.716. The zero-order valence-corrected chi connectivity index (χ0v) is 8.42. The van der Waals surface area contributed by atoms with E-state index in [9.17, 15) is 14.0 Å². The molecule has 0 bridgehead atoms. The number of rotatable bonds is 3. The van der Waals surface area contributed by atoms with Gasteiger partial charge in [-0.15, -0.1) is 5.10 Å². The molecule has 0 aliphatic heterocycles. The number of halogens is 1. The highest BCUT2D eigenvalue weighted by atomic mass is 19.1. The lowest BCUT2D eigenvalue weighted by atomic mass is 10.4. The summed E-state index contributed by atoms with van der Waals surface area (Å²) in [5.74, 6) is -1.01. The number of nitrogens with one attached hydrogen (secondary N) is 1. The normalized spacial score (nSPS) is 14.1. The van der Waals surface area contributed by atoms with Crippen molar-refractivity contribution in [3.8, 4) is 0 Å². The van der Waals surface area contributed by atoms with E-state index >= 15 is 0 Å². The molecular formula is C8H9FN6O2. The second kappa shape index (κ2) is 4.28. The molecule has 0 spiro atoms. The van der Waals surface area contributed by atoms with Crippen molar-refractivity contribution in [1.29, 1.82) is 0 Å². The molecule has 0 unspecified atom stereocenters. The minimum Gasteiger partial charge on any atom is -0.354 e. The summed E-state index contributed by atoms with van der Waals surface area (Å²) < 4.78 is 34.6. The van der Waals surface area contributed by atoms with Gasteiger partial charge in [-0.05, 0) is 0 Å². The van der Waals surface area contributed by atoms with Crippen LogP contribution >= 0.6 is 0 Å². The van der Waals surface area contributed by atoms with Crippen molar-refractivity contribution in [2.24, 2.45) is 0 Å². The van der Waals surface area contributed by atoms with E-state index < -0.39 is 25.2 Å². The van der Waals surface area contributed by atoms with Crippen LogP contribution in [-0.2, 0) is 6.54 Å². The number of carbonyl (C=O) groups excluding carboxylic acids is 1. The summed E-state index contributed by atoms with van der Waals surface area (Å²) in [6.07, 6.45) is 0.996. The standard InChI is InChI=1S/C8H9FN6O2/c1-10-7(16)5-6-12-13-15(3-2-9)8(17)14(6)4-11-5/h4H,2-3H2,1H3,(H,10,16)/i1D3. The van der Waals surface area contributed by atoms with E-state index in [1.54, 1.807) is 5.32 Å². The summed E-state index contributed by atoms with van der Waals surface area (Å²) >= 11 is 0. The van der Waals surface area contributed by atoms with E-state index in [4.69, 9.17) is 4.11 Å². The fourth-order valence-electron chi connectivity index (χ4n) is 1.28. The number of imidazole rings is 1. The van der Waals surface area contributed by atoms with Crippen LogP contribution in [0.3, 0.4) is 0 Å². The van der Waals surface area contributed by atoms with E-state index in [1.807, 2.05) is 0 Å². The largest absolute Gasteiger partial charge is 0.354 e. The van der Waals surface area contributed by atoms with Gasteiger partial charge in [-0.1, -0.05) is 5.21 Å². The average Bonchev–Trinajstić information content (AvgIpc) is 2.75. The Labute approximate surface area is 98.3 Å². The van der Waals surface area contributed by atoms with Gasteiger partial charge in [0.2, 0.25) is 0 Å². The molecule has 9 heteroatoms. The molecule has 0 aliphatic carbocycles. The monoisotopic (exact) mass is 243 g/mol. The highest BCUT2D eigenvalue weighted by Crippen LogP contribution is 2.01. The lowest BCUT2D eigenvalue weighted by Gasteiger charge is -2.00. The van der Waals surface area contributed by atoms with Crippen molar-refractivity contribution >= 4 is 11.6 Å². The number of fused-ring (bicyclic) bond motifs is 1. The highest BCUT2D eigenvalue weighted by molar-refractivity contribution is 5.97. The maximum absolute atomic E-state index is 12.2. The van der Waals surface area contributed by atoms with Crippen molar-refractivity contribution in [3.63, 3.8) is 0 Å². The Morgan fingerprint density at radius 3 is 3.24 bits per heavy atom. The van der Waals surface area contributed by atoms with Crippen LogP contribution in [0.4, 0.5) is 4.39 Å². The third kappa shape index (κ3) is 1.75. The number of amides is 1. The zero-order chi connectivity index (χ0) is 14.9. The number of hydrogen-bond donors (Lipinski definition) is 1. The SMILES string of the molecule is [2H]C([2H])([2H])NC(=O)c1ncn2c(=O)n(CCF)nnc12. The van der Waals surface area contributed by atoms with Gasteiger partial charge >= 0.3 is 5.69 Å². The molecule has 0 radical (unpaired) electrons. The van der Waals surface area contributed by atoms with Crippen molar-refractivity contribution in [1.82, 2.24) is 29.7 Å². The maximum atomic E-state index is 12.2. The minimum absolute atomic E-state index is 0.202. The predicted molar refractivity (Wildman–Crippen MR) is 54.4 cm³/mol. The van der Waals surface area contributed by atoms with Gasteiger partial charge in [0.1, 0.15) is 13.0 Å². The van der Waals surface area contributed by atoms with Gasteiger partial charge in [0.05, 0.1) is 6.54 Å². The molecule has 2 aromatic heterocycles. The first kappa shape index (κ1) is 7.87. The molecule has 0 aromatic carbocycles. The fourth-order valence-corrected chi connectivity index (χ4v) is 1.28. The van der Waals surface area contributed by atoms with Crippen LogP contribution in [0.2, 0.25) is 0 Å². The summed E-state index contributed by atoms with van der Waals surface area (Å²) in [5, 5.41) is 8.74. The van der Waals surface area contributed by atoms with Gasteiger partial charge in [-0.3, -0.25) is 4.79 Å². The van der Waals surface area contributed by atoms with E-state index in [0.717, 1.165) is 15.4 Å². The molecular weight excluding hydrogens is 231 g/mol. The predicted octanol–water partition coefficient (Wildman–Crippen LogP) is -1.38. The molecule has 0 saturated heterocycles. The number of hydrogen-bond acceptors (Lipinski definition) is 5. The van der Waals surface area contributed by atoms with Gasteiger partial charge in [0.25, 0.3) is 5.91 Å². The summed E-state index contributed by atoms with van der Waals surface area (Å²) in [5.41, 5.74) is -1.28. The van der Waals surface area contributed by atoms with Crippen LogP contribution in [0, 0.1) is 0 Å². The van der Waals surface area contributed by atoms with Gasteiger partial charge in [-0.2, -0.15) is 4.68 Å². The Bertz CT molecular complexity index is 708. The van der Waals surface area contributed by atoms with Crippen LogP contribution in [0.5, 0.6) is 0 Å². The summed E-state index contributed by atoms with van der Waals surface area (Å²) in [4.78, 5) is 27.1. The maximum Gasteiger partial charge on any atom is 0.353 e. The van der Waals surface area contributed by atoms with Crippen molar-refractivity contribution in [2.45, 2.75) is 6.54 Å². The van der Waals surface area contributed by atoms with Crippen LogP contribution in [0.15, 0.2) is 11.1 Å². The van der Waals surface area contributed by atoms with Crippen LogP contribution < -0.4 is 11.0 Å². The molecule has 1 N–H and O–H groups in total. The van der Waals surface area contributed by atoms with Gasteiger partial charge in [-0.25, -0.2) is 18.6 Å². The topological polar surface area (TPSA) is 94.2 Å². The number of nitrogens with zero attached hydrogens (tertiary/aromatic N) is 5. The van der Waals surface area contributed by atoms with Gasteiger partial charge in [0.15, 0.2) is 11.3 Å². The first-order valence-corrected chi connectivity index (χ1v) is 4.53. The average molecular weight is 243 g/mol. The van der Waals surface area contributed by atoms with Crippen LogP contribution in [0.25, 0.3) is 5.65 Å². The molecule has 0 saturated carbocycles.